The summed E-state index contributed by atoms with van der Waals surface area (Å²) in [7, 11) is 0. The van der Waals surface area contributed by atoms with Crippen molar-refractivity contribution in [2.75, 3.05) is 0 Å². The molecule has 13 heavy (non-hydrogen) atoms. The lowest BCUT2D eigenvalue weighted by Crippen LogP contribution is -2.29. The molecule has 2 N–H and O–H groups in total. The van der Waals surface area contributed by atoms with Gasteiger partial charge in [0.05, 0.1) is 0 Å². The quantitative estimate of drug-likeness (QED) is 0.650. The van der Waals surface area contributed by atoms with Crippen LogP contribution in [0.25, 0.3) is 0 Å². The van der Waals surface area contributed by atoms with Crippen LogP contribution in [0.4, 0.5) is 0 Å². The summed E-state index contributed by atoms with van der Waals surface area (Å²) in [6.45, 7) is 6.29. The van der Waals surface area contributed by atoms with E-state index in [2.05, 4.69) is 13.5 Å². The van der Waals surface area contributed by atoms with Gasteiger partial charge in [0.15, 0.2) is 0 Å². The molecule has 1 rings (SSSR count). The second-order valence-corrected chi connectivity index (χ2v) is 4.37. The fraction of sp³-hybridized carbons (Fsp3) is 0.833. The predicted octanol–water partition coefficient (Wildman–Crippen LogP) is 3.25. The Morgan fingerprint density at radius 1 is 1.38 bits per heavy atom. The highest BCUT2D eigenvalue weighted by Gasteiger charge is 2.17. The minimum absolute atomic E-state index is 0.422. The van der Waals surface area contributed by atoms with Crippen LogP contribution in [0.5, 0.6) is 0 Å². The van der Waals surface area contributed by atoms with Crippen LogP contribution >= 0.6 is 0 Å². The number of nitrogens with two attached hydrogens (primary N) is 1. The van der Waals surface area contributed by atoms with Gasteiger partial charge in [0, 0.05) is 6.04 Å². The third-order valence-electron chi connectivity index (χ3n) is 3.30. The van der Waals surface area contributed by atoms with Gasteiger partial charge in [-0.2, -0.15) is 0 Å². The van der Waals surface area contributed by atoms with Crippen LogP contribution in [-0.2, 0) is 0 Å². The fourth-order valence-corrected chi connectivity index (χ4v) is 2.20. The molecule has 76 valence electrons. The van der Waals surface area contributed by atoms with Crippen molar-refractivity contribution in [2.45, 2.75) is 57.9 Å². The highest BCUT2D eigenvalue weighted by Crippen LogP contribution is 2.27. The molecule has 0 bridgehead atoms. The van der Waals surface area contributed by atoms with Gasteiger partial charge in [-0.15, -0.1) is 0 Å². The maximum Gasteiger partial charge on any atom is 0.00646 e. The number of allylic oxidation sites excluding steroid dienone is 1. The van der Waals surface area contributed by atoms with E-state index in [1.807, 2.05) is 0 Å². The van der Waals surface area contributed by atoms with Crippen molar-refractivity contribution in [1.82, 2.24) is 0 Å². The summed E-state index contributed by atoms with van der Waals surface area (Å²) in [5.41, 5.74) is 7.52. The summed E-state index contributed by atoms with van der Waals surface area (Å²) in [6.07, 6.45) is 8.85. The molecule has 0 aliphatic heterocycles. The number of hydrogen-bond donors (Lipinski definition) is 1. The lowest BCUT2D eigenvalue weighted by molar-refractivity contribution is 0.338. The molecule has 1 aliphatic rings. The fourth-order valence-electron chi connectivity index (χ4n) is 2.20. The van der Waals surface area contributed by atoms with Crippen molar-refractivity contribution in [3.8, 4) is 0 Å². The zero-order valence-corrected chi connectivity index (χ0v) is 8.89. The van der Waals surface area contributed by atoms with E-state index >= 15 is 0 Å². The van der Waals surface area contributed by atoms with Gasteiger partial charge in [-0.25, -0.2) is 0 Å². The third-order valence-corrected chi connectivity index (χ3v) is 3.30. The Bertz CT molecular complexity index is 163. The minimum Gasteiger partial charge on any atom is -0.327 e. The molecular weight excluding hydrogens is 158 g/mol. The molecule has 1 unspecified atom stereocenters. The summed E-state index contributed by atoms with van der Waals surface area (Å²) in [5.74, 6) is 0.752. The van der Waals surface area contributed by atoms with Gasteiger partial charge in [0.1, 0.15) is 0 Å². The first kappa shape index (κ1) is 10.8. The van der Waals surface area contributed by atoms with Crippen molar-refractivity contribution in [2.24, 2.45) is 11.7 Å². The van der Waals surface area contributed by atoms with Crippen LogP contribution in [0, 0.1) is 5.92 Å². The number of rotatable bonds is 2. The van der Waals surface area contributed by atoms with Crippen LogP contribution < -0.4 is 5.73 Å². The van der Waals surface area contributed by atoms with Gasteiger partial charge in [-0.1, -0.05) is 25.5 Å². The molecule has 0 aromatic carbocycles. The van der Waals surface area contributed by atoms with Crippen LogP contribution in [-0.4, -0.2) is 6.04 Å². The normalized spacial score (nSPS) is 27.8. The van der Waals surface area contributed by atoms with E-state index in [0.29, 0.717) is 6.04 Å². The SMILES string of the molecule is C=C1CCCCC([C@@H](N)CC)CC1. The second kappa shape index (κ2) is 5.43. The summed E-state index contributed by atoms with van der Waals surface area (Å²) in [4.78, 5) is 0. The monoisotopic (exact) mass is 181 g/mol. The van der Waals surface area contributed by atoms with Crippen molar-refractivity contribution in [3.63, 3.8) is 0 Å². The molecule has 1 saturated carbocycles. The molecule has 2 atom stereocenters. The van der Waals surface area contributed by atoms with E-state index in [4.69, 9.17) is 5.73 Å². The van der Waals surface area contributed by atoms with Gasteiger partial charge in [-0.3, -0.25) is 0 Å². The molecule has 1 fully saturated rings. The lowest BCUT2D eigenvalue weighted by atomic mass is 9.84. The van der Waals surface area contributed by atoms with Crippen molar-refractivity contribution in [3.05, 3.63) is 12.2 Å². The number of hydrogen-bond acceptors (Lipinski definition) is 1. The minimum atomic E-state index is 0.422. The molecule has 1 aliphatic carbocycles. The first-order valence-electron chi connectivity index (χ1n) is 5.66. The van der Waals surface area contributed by atoms with Gasteiger partial charge in [0.25, 0.3) is 0 Å². The van der Waals surface area contributed by atoms with Crippen LogP contribution in [0.1, 0.15) is 51.9 Å². The van der Waals surface area contributed by atoms with Crippen molar-refractivity contribution < 1.29 is 0 Å². The Morgan fingerprint density at radius 3 is 2.85 bits per heavy atom. The van der Waals surface area contributed by atoms with E-state index in [1.54, 1.807) is 0 Å². The highest BCUT2D eigenvalue weighted by molar-refractivity contribution is 4.96. The summed E-state index contributed by atoms with van der Waals surface area (Å²) < 4.78 is 0. The Kier molecular flexibility index (Phi) is 4.51. The van der Waals surface area contributed by atoms with Crippen LogP contribution in [0.2, 0.25) is 0 Å². The average molecular weight is 181 g/mol. The maximum absolute atomic E-state index is 6.08. The van der Waals surface area contributed by atoms with Crippen molar-refractivity contribution >= 4 is 0 Å². The molecule has 0 spiro atoms. The molecule has 0 saturated heterocycles. The standard InChI is InChI=1S/C12H23N/c1-3-12(13)11-7-5-4-6-10(2)8-9-11/h11-12H,2-9,13H2,1H3/t11?,12-/m0/s1. The van der Waals surface area contributed by atoms with Gasteiger partial charge in [0.2, 0.25) is 0 Å². The largest absolute Gasteiger partial charge is 0.327 e. The predicted molar refractivity (Wildman–Crippen MR) is 58.6 cm³/mol. The highest BCUT2D eigenvalue weighted by atomic mass is 14.6. The molecular formula is C12H23N. The third kappa shape index (κ3) is 3.51. The maximum atomic E-state index is 6.08. The lowest BCUT2D eigenvalue weighted by Gasteiger charge is -2.25. The van der Waals surface area contributed by atoms with E-state index in [0.717, 1.165) is 12.3 Å². The Hall–Kier alpha value is -0.300. The van der Waals surface area contributed by atoms with Crippen LogP contribution in [0.15, 0.2) is 12.2 Å². The summed E-state index contributed by atoms with van der Waals surface area (Å²) >= 11 is 0. The molecule has 0 radical (unpaired) electrons. The molecule has 1 nitrogen and oxygen atoms in total. The zero-order chi connectivity index (χ0) is 9.68. The van der Waals surface area contributed by atoms with Gasteiger partial charge >= 0.3 is 0 Å². The van der Waals surface area contributed by atoms with E-state index < -0.39 is 0 Å². The van der Waals surface area contributed by atoms with Crippen molar-refractivity contribution in [1.29, 1.82) is 0 Å². The summed E-state index contributed by atoms with van der Waals surface area (Å²) in [6, 6.07) is 0.422. The zero-order valence-electron chi connectivity index (χ0n) is 8.89. The average Bonchev–Trinajstić information content (AvgIpc) is 2.11. The molecule has 0 aromatic rings. The van der Waals surface area contributed by atoms with E-state index in [-0.39, 0.29) is 0 Å². The topological polar surface area (TPSA) is 26.0 Å². The smallest absolute Gasteiger partial charge is 0.00646 e. The molecule has 0 heterocycles. The summed E-state index contributed by atoms with van der Waals surface area (Å²) in [5, 5.41) is 0. The van der Waals surface area contributed by atoms with Gasteiger partial charge < -0.3 is 5.73 Å². The second-order valence-electron chi connectivity index (χ2n) is 4.37. The Labute approximate surface area is 82.4 Å². The first-order chi connectivity index (χ1) is 6.24. The van der Waals surface area contributed by atoms with E-state index in [1.165, 1.54) is 44.1 Å². The van der Waals surface area contributed by atoms with E-state index in [9.17, 15) is 0 Å². The molecule has 0 aromatic heterocycles. The first-order valence-corrected chi connectivity index (χ1v) is 5.66. The van der Waals surface area contributed by atoms with Gasteiger partial charge in [-0.05, 0) is 44.4 Å². The van der Waals surface area contributed by atoms with Crippen LogP contribution in [0.3, 0.4) is 0 Å². The Morgan fingerprint density at radius 2 is 2.15 bits per heavy atom. The Balaban J connectivity index is 2.40. The molecule has 1 heteroatoms. The molecule has 0 amide bonds.